The largest absolute Gasteiger partial charge is 0.493 e. The Morgan fingerprint density at radius 3 is 2.78 bits per heavy atom. The summed E-state index contributed by atoms with van der Waals surface area (Å²) in [5, 5.41) is 39.7. The molecule has 2 aromatic carbocycles. The standard InChI is InChI=1S/C26H29NO9/c28-21(35-12-20-23(29)24(30)25(31)26(32)36-20)13-34-19-3-1-2-17-22(19)16(11-27-17)6-4-14-5-7-18-15(10-14)8-9-33-18/h1-3,5,7,10-11,20,23-27,29-32H,4,6,8-9,12-13H2/t20-,23-,24+,25-,26+/m1/s1. The first kappa shape index (κ1) is 24.5. The van der Waals surface area contributed by atoms with Gasteiger partial charge in [0.1, 0.15) is 42.5 Å². The lowest BCUT2D eigenvalue weighted by Crippen LogP contribution is -2.58. The minimum Gasteiger partial charge on any atom is -0.493 e. The highest BCUT2D eigenvalue weighted by Crippen LogP contribution is 2.31. The molecule has 0 spiro atoms. The average Bonchev–Trinajstić information content (AvgIpc) is 3.53. The van der Waals surface area contributed by atoms with Crippen molar-refractivity contribution in [2.45, 2.75) is 50.0 Å². The number of carbonyl (C=O) groups excluding carboxylic acids is 1. The third kappa shape index (κ3) is 5.04. The van der Waals surface area contributed by atoms with Gasteiger partial charge in [0.05, 0.1) is 6.61 Å². The van der Waals surface area contributed by atoms with Gasteiger partial charge in [0.25, 0.3) is 0 Å². The second-order valence-corrected chi connectivity index (χ2v) is 9.04. The van der Waals surface area contributed by atoms with Gasteiger partial charge in [-0.2, -0.15) is 0 Å². The smallest absolute Gasteiger partial charge is 0.344 e. The Labute approximate surface area is 207 Å². The molecule has 0 saturated carbocycles. The highest BCUT2D eigenvalue weighted by atomic mass is 16.7. The summed E-state index contributed by atoms with van der Waals surface area (Å²) in [4.78, 5) is 15.5. The number of benzene rings is 2. The van der Waals surface area contributed by atoms with E-state index in [0.717, 1.165) is 48.1 Å². The van der Waals surface area contributed by atoms with Crippen LogP contribution in [0.2, 0.25) is 0 Å². The number of hydrogen-bond donors (Lipinski definition) is 5. The number of fused-ring (bicyclic) bond motifs is 2. The zero-order valence-corrected chi connectivity index (χ0v) is 19.5. The first-order valence-corrected chi connectivity index (χ1v) is 11.9. The zero-order chi connectivity index (χ0) is 25.2. The number of aromatic amines is 1. The molecular weight excluding hydrogens is 470 g/mol. The molecule has 192 valence electrons. The summed E-state index contributed by atoms with van der Waals surface area (Å²) in [7, 11) is 0. The molecule has 5 atom stereocenters. The molecular formula is C26H29NO9. The van der Waals surface area contributed by atoms with E-state index in [2.05, 4.69) is 17.1 Å². The van der Waals surface area contributed by atoms with Crippen molar-refractivity contribution >= 4 is 16.9 Å². The molecule has 5 N–H and O–H groups in total. The SMILES string of the molecule is O=C(COc1cccc2[nH]cc(CCc3ccc4c(c3)CCO4)c12)OC[C@H]1O[C@H](O)[C@H](O)[C@@H](O)[C@@H]1O. The van der Waals surface area contributed by atoms with Crippen LogP contribution in [0.15, 0.2) is 42.6 Å². The maximum atomic E-state index is 12.3. The van der Waals surface area contributed by atoms with E-state index in [9.17, 15) is 25.2 Å². The van der Waals surface area contributed by atoms with E-state index in [-0.39, 0.29) is 6.61 Å². The predicted molar refractivity (Wildman–Crippen MR) is 127 cm³/mol. The molecule has 0 radical (unpaired) electrons. The van der Waals surface area contributed by atoms with E-state index < -0.39 is 43.3 Å². The molecule has 2 aliphatic rings. The molecule has 36 heavy (non-hydrogen) atoms. The van der Waals surface area contributed by atoms with Crippen molar-refractivity contribution in [2.75, 3.05) is 19.8 Å². The van der Waals surface area contributed by atoms with Crippen LogP contribution in [0.3, 0.4) is 0 Å². The number of aromatic nitrogens is 1. The predicted octanol–water partition coefficient (Wildman–Crippen LogP) is 0.610. The molecule has 1 saturated heterocycles. The molecule has 1 fully saturated rings. The third-order valence-corrected chi connectivity index (χ3v) is 6.63. The molecule has 2 aliphatic heterocycles. The zero-order valence-electron chi connectivity index (χ0n) is 19.5. The van der Waals surface area contributed by atoms with E-state index in [1.807, 2.05) is 24.4 Å². The molecule has 0 amide bonds. The summed E-state index contributed by atoms with van der Waals surface area (Å²) < 4.78 is 21.5. The monoisotopic (exact) mass is 499 g/mol. The van der Waals surface area contributed by atoms with Crippen LogP contribution in [0.1, 0.15) is 16.7 Å². The van der Waals surface area contributed by atoms with E-state index in [1.54, 1.807) is 6.07 Å². The summed E-state index contributed by atoms with van der Waals surface area (Å²) in [5.41, 5.74) is 4.41. The van der Waals surface area contributed by atoms with E-state index in [4.69, 9.17) is 18.9 Å². The maximum Gasteiger partial charge on any atom is 0.344 e. The molecule has 0 bridgehead atoms. The highest BCUT2D eigenvalue weighted by Gasteiger charge is 2.43. The van der Waals surface area contributed by atoms with Crippen molar-refractivity contribution < 1.29 is 44.2 Å². The van der Waals surface area contributed by atoms with Gasteiger partial charge < -0.3 is 44.4 Å². The Bertz CT molecular complexity index is 1230. The number of ether oxygens (including phenoxy) is 4. The van der Waals surface area contributed by atoms with Crippen molar-refractivity contribution in [3.63, 3.8) is 0 Å². The summed E-state index contributed by atoms with van der Waals surface area (Å²) in [6, 6.07) is 11.8. The van der Waals surface area contributed by atoms with Crippen LogP contribution in [0.5, 0.6) is 11.5 Å². The van der Waals surface area contributed by atoms with Crippen LogP contribution in [-0.4, -0.2) is 81.9 Å². The Kier molecular flexibility index (Phi) is 7.13. The lowest BCUT2D eigenvalue weighted by Gasteiger charge is -2.37. The van der Waals surface area contributed by atoms with E-state index in [1.165, 1.54) is 11.1 Å². The topological polar surface area (TPSA) is 151 Å². The second kappa shape index (κ2) is 10.5. The molecule has 0 aliphatic carbocycles. The van der Waals surface area contributed by atoms with Crippen LogP contribution in [0.4, 0.5) is 0 Å². The summed E-state index contributed by atoms with van der Waals surface area (Å²) in [6.07, 6.45) is -3.19. The van der Waals surface area contributed by atoms with Gasteiger partial charge in [-0.1, -0.05) is 18.2 Å². The molecule has 3 heterocycles. The van der Waals surface area contributed by atoms with Crippen LogP contribution < -0.4 is 9.47 Å². The fourth-order valence-corrected chi connectivity index (χ4v) is 4.63. The molecule has 5 rings (SSSR count). The van der Waals surface area contributed by atoms with Gasteiger partial charge in [-0.05, 0) is 47.7 Å². The number of rotatable bonds is 8. The number of carbonyl (C=O) groups is 1. The van der Waals surface area contributed by atoms with Gasteiger partial charge in [-0.25, -0.2) is 4.79 Å². The first-order valence-electron chi connectivity index (χ1n) is 11.9. The van der Waals surface area contributed by atoms with Crippen LogP contribution in [0, 0.1) is 0 Å². The van der Waals surface area contributed by atoms with Gasteiger partial charge in [0.2, 0.25) is 0 Å². The van der Waals surface area contributed by atoms with Gasteiger partial charge in [-0.3, -0.25) is 0 Å². The van der Waals surface area contributed by atoms with E-state index in [0.29, 0.717) is 5.75 Å². The molecule has 0 unspecified atom stereocenters. The van der Waals surface area contributed by atoms with Crippen molar-refractivity contribution in [3.05, 3.63) is 59.3 Å². The second-order valence-electron chi connectivity index (χ2n) is 9.04. The number of hydrogen-bond acceptors (Lipinski definition) is 9. The first-order chi connectivity index (χ1) is 17.4. The van der Waals surface area contributed by atoms with Gasteiger partial charge in [-0.15, -0.1) is 0 Å². The van der Waals surface area contributed by atoms with Crippen LogP contribution in [0.25, 0.3) is 10.9 Å². The van der Waals surface area contributed by atoms with Gasteiger partial charge >= 0.3 is 5.97 Å². The van der Waals surface area contributed by atoms with Gasteiger partial charge in [0.15, 0.2) is 12.9 Å². The van der Waals surface area contributed by atoms with Crippen LogP contribution in [-0.2, 0) is 33.5 Å². The number of nitrogens with one attached hydrogen (secondary N) is 1. The number of aliphatic hydroxyl groups excluding tert-OH is 4. The minimum atomic E-state index is -1.70. The van der Waals surface area contributed by atoms with Crippen molar-refractivity contribution in [1.29, 1.82) is 0 Å². The fourth-order valence-electron chi connectivity index (χ4n) is 4.63. The number of H-pyrrole nitrogens is 1. The lowest BCUT2D eigenvalue weighted by molar-refractivity contribution is -0.287. The van der Waals surface area contributed by atoms with Gasteiger partial charge in [0, 0.05) is 23.5 Å². The normalized spacial score (nSPS) is 25.4. The lowest BCUT2D eigenvalue weighted by atomic mass is 9.99. The summed E-state index contributed by atoms with van der Waals surface area (Å²) >= 11 is 0. The summed E-state index contributed by atoms with van der Waals surface area (Å²) in [6.45, 7) is -0.0770. The molecule has 3 aromatic rings. The number of aliphatic hydroxyl groups is 4. The number of aryl methyl sites for hydroxylation is 2. The Morgan fingerprint density at radius 2 is 1.92 bits per heavy atom. The Morgan fingerprint density at radius 1 is 1.06 bits per heavy atom. The maximum absolute atomic E-state index is 12.3. The fraction of sp³-hybridized carbons (Fsp3) is 0.423. The van der Waals surface area contributed by atoms with E-state index >= 15 is 0 Å². The third-order valence-electron chi connectivity index (χ3n) is 6.63. The quantitative estimate of drug-likeness (QED) is 0.281. The number of esters is 1. The highest BCUT2D eigenvalue weighted by molar-refractivity contribution is 5.89. The molecule has 10 nitrogen and oxygen atoms in total. The molecule has 10 heteroatoms. The molecule has 1 aromatic heterocycles. The van der Waals surface area contributed by atoms with Crippen LogP contribution >= 0.6 is 0 Å². The summed E-state index contributed by atoms with van der Waals surface area (Å²) in [5.74, 6) is 0.782. The average molecular weight is 500 g/mol. The van der Waals surface area contributed by atoms with Crippen molar-refractivity contribution in [3.8, 4) is 11.5 Å². The Hall–Kier alpha value is -3.15. The van der Waals surface area contributed by atoms with Crippen molar-refractivity contribution in [2.24, 2.45) is 0 Å². The minimum absolute atomic E-state index is 0.384. The Balaban J connectivity index is 1.19. The van der Waals surface area contributed by atoms with Crippen molar-refractivity contribution in [1.82, 2.24) is 4.98 Å².